The van der Waals surface area contributed by atoms with Crippen LogP contribution in [0.1, 0.15) is 18.7 Å². The first-order chi connectivity index (χ1) is 20.1. The normalized spacial score (nSPS) is 23.1. The van der Waals surface area contributed by atoms with Gasteiger partial charge in [0.15, 0.2) is 23.6 Å². The first-order valence-electron chi connectivity index (χ1n) is 12.6. The van der Waals surface area contributed by atoms with Crippen LogP contribution in [-0.4, -0.2) is 56.2 Å². The van der Waals surface area contributed by atoms with Gasteiger partial charge in [-0.1, -0.05) is 58.8 Å². The summed E-state index contributed by atoms with van der Waals surface area (Å²) < 4.78 is 27.1. The quantitative estimate of drug-likeness (QED) is 0.211. The number of hydrogen-bond donors (Lipinski definition) is 3. The number of para-hydroxylation sites is 2. The fourth-order valence-corrected chi connectivity index (χ4v) is 5.01. The summed E-state index contributed by atoms with van der Waals surface area (Å²) in [6, 6.07) is 15.1. The lowest BCUT2D eigenvalue weighted by molar-refractivity contribution is -0.169. The largest absolute Gasteiger partial charge is 0.575 e. The van der Waals surface area contributed by atoms with Crippen LogP contribution >= 0.6 is 19.8 Å². The zero-order chi connectivity index (χ0) is 30.3. The number of nitrogens with one attached hydrogen (secondary N) is 1. The van der Waals surface area contributed by atoms with Crippen molar-refractivity contribution in [1.29, 1.82) is 0 Å². The lowest BCUT2D eigenvalue weighted by Crippen LogP contribution is -2.46. The number of ether oxygens (including phenoxy) is 3. The number of H-pyrrole nitrogens is 1. The van der Waals surface area contributed by atoms with Gasteiger partial charge in [0.05, 0.1) is 0 Å². The van der Waals surface area contributed by atoms with E-state index in [4.69, 9.17) is 30.3 Å². The number of halogens is 1. The zero-order valence-electron chi connectivity index (χ0n) is 22.1. The molecule has 0 amide bonds. The number of nitrogens with zero attached hydrogens (tertiary/aromatic N) is 2. The number of aliphatic hydroxyl groups excluding tert-OH is 2. The molecule has 1 fully saturated rings. The van der Waals surface area contributed by atoms with E-state index in [1.165, 1.54) is 25.1 Å². The van der Waals surface area contributed by atoms with Crippen molar-refractivity contribution < 1.29 is 38.6 Å². The van der Waals surface area contributed by atoms with Gasteiger partial charge in [-0.05, 0) is 30.7 Å². The second kappa shape index (κ2) is 13.9. The van der Waals surface area contributed by atoms with Crippen molar-refractivity contribution in [2.24, 2.45) is 4.74 Å². The van der Waals surface area contributed by atoms with Gasteiger partial charge in [0.1, 0.15) is 25.4 Å². The van der Waals surface area contributed by atoms with Crippen molar-refractivity contribution >= 4 is 25.7 Å². The van der Waals surface area contributed by atoms with E-state index in [1.807, 2.05) is 18.2 Å². The van der Waals surface area contributed by atoms with E-state index in [1.54, 1.807) is 24.3 Å². The Morgan fingerprint density at radius 3 is 2.57 bits per heavy atom. The van der Waals surface area contributed by atoms with Crippen molar-refractivity contribution in [1.82, 2.24) is 9.55 Å². The van der Waals surface area contributed by atoms with Gasteiger partial charge in [0, 0.05) is 17.8 Å². The first kappa shape index (κ1) is 31.1. The van der Waals surface area contributed by atoms with E-state index in [-0.39, 0.29) is 18.1 Å². The summed E-state index contributed by atoms with van der Waals surface area (Å²) in [5.74, 6) is -0.626. The van der Waals surface area contributed by atoms with E-state index in [2.05, 4.69) is 9.73 Å². The van der Waals surface area contributed by atoms with Crippen molar-refractivity contribution in [3.63, 3.8) is 0 Å². The van der Waals surface area contributed by atoms with Gasteiger partial charge in [-0.25, -0.2) is 9.59 Å². The topological polar surface area (TPSA) is 185 Å². The summed E-state index contributed by atoms with van der Waals surface area (Å²) in [7, 11) is -2.74. The SMILES string of the molecule is C[C@H](N=[P+]([O-])Oc1ccccc1OC[C@@]1(/C=C\Cl)O[C@@H](n2ccc(=O)[nH]c2=O)[C@H](O)[C@@H]1O)C(=O)OCc1ccccc1. The summed E-state index contributed by atoms with van der Waals surface area (Å²) in [6.07, 6.45) is -2.29. The Kier molecular flexibility index (Phi) is 10.3. The van der Waals surface area contributed by atoms with Gasteiger partial charge in [-0.3, -0.25) is 18.9 Å². The maximum atomic E-state index is 12.6. The Balaban J connectivity index is 1.45. The second-order valence-electron chi connectivity index (χ2n) is 9.16. The molecule has 4 rings (SSSR count). The summed E-state index contributed by atoms with van der Waals surface area (Å²) in [5.41, 5.74) is -1.44. The maximum Gasteiger partial charge on any atom is 0.395 e. The number of carbonyl (C=O) groups excluding carboxylic acids is 1. The van der Waals surface area contributed by atoms with Crippen LogP contribution in [0.15, 0.2) is 92.8 Å². The van der Waals surface area contributed by atoms with Gasteiger partial charge < -0.3 is 29.3 Å². The van der Waals surface area contributed by atoms with Crippen LogP contribution in [0.5, 0.6) is 11.5 Å². The minimum atomic E-state index is -2.74. The average Bonchev–Trinajstić information content (AvgIpc) is 3.21. The molecule has 1 saturated heterocycles. The number of aliphatic hydroxyl groups is 2. The highest BCUT2D eigenvalue weighted by Gasteiger charge is 2.54. The predicted octanol–water partition coefficient (Wildman–Crippen LogP) is 1.72. The summed E-state index contributed by atoms with van der Waals surface area (Å²) in [5, 5.41) is 21.6. The monoisotopic (exact) mass is 619 g/mol. The van der Waals surface area contributed by atoms with E-state index in [0.717, 1.165) is 27.9 Å². The molecule has 0 bridgehead atoms. The second-order valence-corrected chi connectivity index (χ2v) is 10.3. The Labute approximate surface area is 245 Å². The zero-order valence-corrected chi connectivity index (χ0v) is 23.8. The maximum absolute atomic E-state index is 12.6. The third-order valence-corrected chi connectivity index (χ3v) is 7.25. The molecule has 3 N–H and O–H groups in total. The fraction of sp³-hybridized carbons (Fsp3) is 0.296. The summed E-state index contributed by atoms with van der Waals surface area (Å²) >= 11 is 5.80. The molecule has 2 heterocycles. The van der Waals surface area contributed by atoms with Crippen LogP contribution in [0.25, 0.3) is 0 Å². The Bertz CT molecular complexity index is 1560. The van der Waals surface area contributed by atoms with E-state index in [9.17, 15) is 29.5 Å². The average molecular weight is 620 g/mol. The van der Waals surface area contributed by atoms with Gasteiger partial charge in [-0.2, -0.15) is 0 Å². The number of carbonyl (C=O) groups is 1. The van der Waals surface area contributed by atoms with Gasteiger partial charge in [-0.15, -0.1) is 0 Å². The Hall–Kier alpha value is -3.84. The number of rotatable bonds is 11. The fourth-order valence-electron chi connectivity index (χ4n) is 4.05. The van der Waals surface area contributed by atoms with Gasteiger partial charge in [0.2, 0.25) is 5.75 Å². The van der Waals surface area contributed by atoms with Crippen LogP contribution < -0.4 is 25.4 Å². The molecular weight excluding hydrogens is 593 g/mol. The van der Waals surface area contributed by atoms with Crippen LogP contribution in [0.2, 0.25) is 0 Å². The molecule has 0 spiro atoms. The Morgan fingerprint density at radius 2 is 1.88 bits per heavy atom. The minimum absolute atomic E-state index is 0.00124. The minimum Gasteiger partial charge on any atom is -0.575 e. The van der Waals surface area contributed by atoms with Crippen LogP contribution in [-0.2, 0) is 20.9 Å². The highest BCUT2D eigenvalue weighted by atomic mass is 35.5. The number of hydrogen-bond acceptors (Lipinski definition) is 11. The van der Waals surface area contributed by atoms with Crippen LogP contribution in [0, 0.1) is 0 Å². The number of aromatic nitrogens is 2. The van der Waals surface area contributed by atoms with E-state index in [0.29, 0.717) is 0 Å². The van der Waals surface area contributed by atoms with Crippen molar-refractivity contribution in [3.8, 4) is 11.5 Å². The standard InChI is InChI=1S/C27H27ClN3O10P/c1-17(25(35)38-15-18-7-3-2-4-8-18)30-42(37)41-20-10-6-5-9-19(20)39-16-27(12-13-28)23(34)22(33)24(40-27)31-14-11-21(32)29-26(31)36/h2-14,17,22-24,33-34H,15-16H2,1H3,(H,29,32,36)/b13-12-/t17-,22+,23-,24+,27+/m0/s1. The molecule has 13 nitrogen and oxygen atoms in total. The molecule has 0 aliphatic carbocycles. The molecule has 15 heteroatoms. The van der Waals surface area contributed by atoms with E-state index < -0.39 is 62.1 Å². The predicted molar refractivity (Wildman–Crippen MR) is 149 cm³/mol. The Morgan fingerprint density at radius 1 is 1.19 bits per heavy atom. The molecule has 1 unspecified atom stereocenters. The number of benzene rings is 2. The molecule has 3 aromatic rings. The molecule has 6 atom stereocenters. The number of esters is 1. The molecule has 0 radical (unpaired) electrons. The van der Waals surface area contributed by atoms with Crippen molar-refractivity contribution in [2.75, 3.05) is 6.61 Å². The highest BCUT2D eigenvalue weighted by molar-refractivity contribution is 7.34. The molecule has 42 heavy (non-hydrogen) atoms. The van der Waals surface area contributed by atoms with Crippen LogP contribution in [0.3, 0.4) is 0 Å². The molecule has 0 saturated carbocycles. The van der Waals surface area contributed by atoms with Crippen molar-refractivity contribution in [3.05, 3.63) is 105 Å². The third-order valence-electron chi connectivity index (χ3n) is 6.24. The van der Waals surface area contributed by atoms with Crippen LogP contribution in [0.4, 0.5) is 0 Å². The number of aromatic amines is 1. The lowest BCUT2D eigenvalue weighted by Gasteiger charge is -2.28. The summed E-state index contributed by atoms with van der Waals surface area (Å²) in [6.45, 7) is 1.01. The smallest absolute Gasteiger partial charge is 0.395 e. The lowest BCUT2D eigenvalue weighted by atomic mass is 9.96. The van der Waals surface area contributed by atoms with Gasteiger partial charge in [0.25, 0.3) is 5.56 Å². The third kappa shape index (κ3) is 7.32. The molecule has 1 aromatic heterocycles. The van der Waals surface area contributed by atoms with E-state index >= 15 is 0 Å². The first-order valence-corrected chi connectivity index (χ1v) is 14.1. The highest BCUT2D eigenvalue weighted by Crippen LogP contribution is 2.40. The molecule has 1 aliphatic rings. The molecule has 1 aliphatic heterocycles. The molecule has 222 valence electrons. The van der Waals surface area contributed by atoms with Crippen molar-refractivity contribution in [2.45, 2.75) is 43.6 Å². The molecule has 2 aromatic carbocycles. The summed E-state index contributed by atoms with van der Waals surface area (Å²) in [4.78, 5) is 50.7. The molecular formula is C27H27ClN3O10P. The van der Waals surface area contributed by atoms with Gasteiger partial charge >= 0.3 is 19.8 Å².